The summed E-state index contributed by atoms with van der Waals surface area (Å²) < 4.78 is 5.08. The van der Waals surface area contributed by atoms with Gasteiger partial charge in [-0.2, -0.15) is 0 Å². The highest BCUT2D eigenvalue weighted by Gasteiger charge is 2.45. The van der Waals surface area contributed by atoms with Crippen LogP contribution in [0.3, 0.4) is 0 Å². The van der Waals surface area contributed by atoms with E-state index in [1.807, 2.05) is 30.3 Å². The first-order valence-corrected chi connectivity index (χ1v) is 9.84. The standard InChI is InChI=1S/C21H27N3O4/c1-3-21(13-9-8-12-15(21)22-20(27)28-4-2)19-23-16(17(24-19)18(25)26)14-10-6-5-7-11-14/h5-7,10-11,15H,3-4,8-9,12-13H2,1-2H3,(H,22,27)(H,23,24)(H,25,26). The molecule has 1 amide bonds. The van der Waals surface area contributed by atoms with Crippen molar-refractivity contribution >= 4 is 12.1 Å². The molecule has 1 fully saturated rings. The molecule has 0 radical (unpaired) electrons. The van der Waals surface area contributed by atoms with Crippen molar-refractivity contribution in [3.8, 4) is 11.3 Å². The molecule has 1 saturated carbocycles. The summed E-state index contributed by atoms with van der Waals surface area (Å²) >= 11 is 0. The molecule has 7 heteroatoms. The van der Waals surface area contributed by atoms with E-state index in [1.165, 1.54) is 0 Å². The predicted octanol–water partition coefficient (Wildman–Crippen LogP) is 4.11. The topological polar surface area (TPSA) is 104 Å². The van der Waals surface area contributed by atoms with Crippen molar-refractivity contribution in [2.24, 2.45) is 0 Å². The Kier molecular flexibility index (Phi) is 6.02. The molecule has 2 atom stereocenters. The van der Waals surface area contributed by atoms with Gasteiger partial charge >= 0.3 is 12.1 Å². The molecule has 1 aliphatic rings. The number of carbonyl (C=O) groups excluding carboxylic acids is 1. The summed E-state index contributed by atoms with van der Waals surface area (Å²) in [4.78, 5) is 31.7. The van der Waals surface area contributed by atoms with E-state index in [2.05, 4.69) is 22.2 Å². The van der Waals surface area contributed by atoms with Crippen LogP contribution in [0.5, 0.6) is 0 Å². The Balaban J connectivity index is 2.05. The van der Waals surface area contributed by atoms with Crippen LogP contribution in [0.15, 0.2) is 30.3 Å². The number of benzene rings is 1. The zero-order valence-electron chi connectivity index (χ0n) is 16.3. The lowest BCUT2D eigenvalue weighted by atomic mass is 9.68. The zero-order chi connectivity index (χ0) is 20.1. The Hall–Kier alpha value is -2.83. The fraction of sp³-hybridized carbons (Fsp3) is 0.476. The van der Waals surface area contributed by atoms with Crippen LogP contribution < -0.4 is 5.32 Å². The summed E-state index contributed by atoms with van der Waals surface area (Å²) in [7, 11) is 0. The van der Waals surface area contributed by atoms with Crippen molar-refractivity contribution in [1.82, 2.24) is 15.3 Å². The van der Waals surface area contributed by atoms with E-state index in [-0.39, 0.29) is 11.7 Å². The molecule has 0 saturated heterocycles. The molecule has 1 aromatic heterocycles. The van der Waals surface area contributed by atoms with Gasteiger partial charge in [0.05, 0.1) is 12.3 Å². The number of carboxylic acid groups (broad SMARTS) is 1. The number of rotatable bonds is 6. The molecule has 0 spiro atoms. The third-order valence-corrected chi connectivity index (χ3v) is 5.67. The molecule has 0 bridgehead atoms. The number of amides is 1. The number of carbonyl (C=O) groups is 2. The van der Waals surface area contributed by atoms with Crippen LogP contribution >= 0.6 is 0 Å². The minimum Gasteiger partial charge on any atom is -0.476 e. The van der Waals surface area contributed by atoms with Crippen molar-refractivity contribution in [2.45, 2.75) is 57.4 Å². The average molecular weight is 385 g/mol. The first kappa shape index (κ1) is 19.9. The number of carboxylic acids is 1. The maximum Gasteiger partial charge on any atom is 0.407 e. The lowest BCUT2D eigenvalue weighted by Gasteiger charge is -2.42. The van der Waals surface area contributed by atoms with Gasteiger partial charge < -0.3 is 20.1 Å². The number of aromatic nitrogens is 2. The molecule has 1 aliphatic carbocycles. The highest BCUT2D eigenvalue weighted by atomic mass is 16.5. The molecule has 28 heavy (non-hydrogen) atoms. The number of alkyl carbamates (subject to hydrolysis) is 1. The minimum absolute atomic E-state index is 0.00878. The molecule has 2 unspecified atom stereocenters. The molecule has 2 aromatic rings. The fourth-order valence-electron chi connectivity index (χ4n) is 4.22. The molecule has 7 nitrogen and oxygen atoms in total. The van der Waals surface area contributed by atoms with Gasteiger partial charge in [0, 0.05) is 17.0 Å². The number of aromatic carboxylic acids is 1. The van der Waals surface area contributed by atoms with Gasteiger partial charge in [0.2, 0.25) is 0 Å². The maximum absolute atomic E-state index is 12.1. The van der Waals surface area contributed by atoms with Crippen LogP contribution in [0, 0.1) is 0 Å². The Morgan fingerprint density at radius 3 is 2.68 bits per heavy atom. The third-order valence-electron chi connectivity index (χ3n) is 5.67. The monoisotopic (exact) mass is 385 g/mol. The fourth-order valence-corrected chi connectivity index (χ4v) is 4.22. The lowest BCUT2D eigenvalue weighted by molar-refractivity contribution is 0.0690. The van der Waals surface area contributed by atoms with Gasteiger partial charge in [-0.05, 0) is 26.2 Å². The number of nitrogens with one attached hydrogen (secondary N) is 2. The van der Waals surface area contributed by atoms with Crippen LogP contribution in [0.25, 0.3) is 11.3 Å². The van der Waals surface area contributed by atoms with Crippen molar-refractivity contribution in [3.63, 3.8) is 0 Å². The van der Waals surface area contributed by atoms with E-state index < -0.39 is 17.5 Å². The van der Waals surface area contributed by atoms with Gasteiger partial charge in [-0.15, -0.1) is 0 Å². The van der Waals surface area contributed by atoms with E-state index in [0.717, 1.165) is 37.7 Å². The van der Waals surface area contributed by atoms with Crippen LogP contribution in [-0.4, -0.2) is 39.8 Å². The van der Waals surface area contributed by atoms with Crippen LogP contribution in [0.1, 0.15) is 62.3 Å². The van der Waals surface area contributed by atoms with Gasteiger partial charge in [0.15, 0.2) is 5.69 Å². The molecular weight excluding hydrogens is 358 g/mol. The Bertz CT molecular complexity index is 833. The van der Waals surface area contributed by atoms with Crippen molar-refractivity contribution in [3.05, 3.63) is 41.9 Å². The Morgan fingerprint density at radius 2 is 2.04 bits per heavy atom. The van der Waals surface area contributed by atoms with Crippen molar-refractivity contribution in [1.29, 1.82) is 0 Å². The van der Waals surface area contributed by atoms with E-state index in [9.17, 15) is 14.7 Å². The minimum atomic E-state index is -1.07. The van der Waals surface area contributed by atoms with E-state index >= 15 is 0 Å². The van der Waals surface area contributed by atoms with Crippen molar-refractivity contribution < 1.29 is 19.4 Å². The number of aromatic amines is 1. The number of hydrogen-bond donors (Lipinski definition) is 3. The molecule has 150 valence electrons. The second-order valence-electron chi connectivity index (χ2n) is 7.15. The predicted molar refractivity (Wildman–Crippen MR) is 105 cm³/mol. The molecule has 0 aliphatic heterocycles. The van der Waals surface area contributed by atoms with Crippen LogP contribution in [0.4, 0.5) is 4.79 Å². The first-order valence-electron chi connectivity index (χ1n) is 9.84. The van der Waals surface area contributed by atoms with Gasteiger partial charge in [-0.3, -0.25) is 0 Å². The van der Waals surface area contributed by atoms with Gasteiger partial charge in [-0.1, -0.05) is 50.1 Å². The van der Waals surface area contributed by atoms with Gasteiger partial charge in [0.25, 0.3) is 0 Å². The van der Waals surface area contributed by atoms with Crippen LogP contribution in [0.2, 0.25) is 0 Å². The largest absolute Gasteiger partial charge is 0.476 e. The second kappa shape index (κ2) is 8.46. The first-order chi connectivity index (χ1) is 13.5. The molecule has 1 heterocycles. The van der Waals surface area contributed by atoms with E-state index in [1.54, 1.807) is 6.92 Å². The van der Waals surface area contributed by atoms with E-state index in [0.29, 0.717) is 18.1 Å². The summed E-state index contributed by atoms with van der Waals surface area (Å²) in [5.74, 6) is -0.453. The third kappa shape index (κ3) is 3.74. The Morgan fingerprint density at radius 1 is 1.29 bits per heavy atom. The summed E-state index contributed by atoms with van der Waals surface area (Å²) in [6, 6.07) is 9.16. The van der Waals surface area contributed by atoms with E-state index in [4.69, 9.17) is 4.74 Å². The zero-order valence-corrected chi connectivity index (χ0v) is 16.3. The summed E-state index contributed by atoms with van der Waals surface area (Å²) in [6.07, 6.45) is 3.90. The van der Waals surface area contributed by atoms with Gasteiger partial charge in [0.1, 0.15) is 5.82 Å². The quantitative estimate of drug-likeness (QED) is 0.694. The number of ether oxygens (including phenoxy) is 1. The summed E-state index contributed by atoms with van der Waals surface area (Å²) in [5, 5.41) is 12.7. The highest BCUT2D eigenvalue weighted by Crippen LogP contribution is 2.42. The number of H-pyrrole nitrogens is 1. The van der Waals surface area contributed by atoms with Crippen molar-refractivity contribution in [2.75, 3.05) is 6.61 Å². The van der Waals surface area contributed by atoms with Gasteiger partial charge in [-0.25, -0.2) is 14.6 Å². The summed E-state index contributed by atoms with van der Waals surface area (Å²) in [5.41, 5.74) is 0.823. The molecule has 1 aromatic carbocycles. The number of nitrogens with zero attached hydrogens (tertiary/aromatic N) is 1. The summed E-state index contributed by atoms with van der Waals surface area (Å²) in [6.45, 7) is 4.13. The molecule has 3 N–H and O–H groups in total. The number of hydrogen-bond acceptors (Lipinski definition) is 4. The molecular formula is C21H27N3O4. The lowest BCUT2D eigenvalue weighted by Crippen LogP contribution is -2.53. The van der Waals surface area contributed by atoms with Crippen LogP contribution in [-0.2, 0) is 10.2 Å². The molecule has 3 rings (SSSR count). The maximum atomic E-state index is 12.1. The Labute approximate surface area is 164 Å². The smallest absolute Gasteiger partial charge is 0.407 e. The number of imidazole rings is 1. The normalized spacial score (nSPS) is 21.9. The highest BCUT2D eigenvalue weighted by molar-refractivity contribution is 5.93. The SMILES string of the molecule is CCOC(=O)NC1CCCCC1(CC)c1nc(C(=O)O)c(-c2ccccc2)[nH]1. The second-order valence-corrected chi connectivity index (χ2v) is 7.15. The average Bonchev–Trinajstić information content (AvgIpc) is 3.16.